The highest BCUT2D eigenvalue weighted by Gasteiger charge is 2.21. The van der Waals surface area contributed by atoms with Crippen molar-refractivity contribution in [2.75, 3.05) is 24.8 Å². The zero-order valence-electron chi connectivity index (χ0n) is 9.44. The number of carboxylic acids is 1. The van der Waals surface area contributed by atoms with Gasteiger partial charge < -0.3 is 15.2 Å². The molecule has 0 bridgehead atoms. The summed E-state index contributed by atoms with van der Waals surface area (Å²) in [5.74, 6) is -0.543. The SMILES string of the molecule is CSc1nc(Cl)cc(NC2=C(C(=O)O)COC2)n1. The molecule has 0 aromatic carbocycles. The number of aromatic nitrogens is 2. The van der Waals surface area contributed by atoms with E-state index in [1.54, 1.807) is 0 Å². The number of nitrogens with one attached hydrogen (secondary N) is 1. The first kappa shape index (κ1) is 13.1. The second kappa shape index (κ2) is 5.55. The van der Waals surface area contributed by atoms with Gasteiger partial charge >= 0.3 is 5.97 Å². The summed E-state index contributed by atoms with van der Waals surface area (Å²) in [5, 5.41) is 12.7. The molecular formula is C10H10ClN3O3S. The lowest BCUT2D eigenvalue weighted by Crippen LogP contribution is -2.10. The summed E-state index contributed by atoms with van der Waals surface area (Å²) < 4.78 is 5.09. The van der Waals surface area contributed by atoms with Crippen LogP contribution in [0.3, 0.4) is 0 Å². The Bertz CT molecular complexity index is 521. The number of carbonyl (C=O) groups is 1. The van der Waals surface area contributed by atoms with E-state index < -0.39 is 5.97 Å². The molecule has 6 nitrogen and oxygen atoms in total. The molecule has 2 rings (SSSR count). The summed E-state index contributed by atoms with van der Waals surface area (Å²) in [6, 6.07) is 1.53. The largest absolute Gasteiger partial charge is 0.478 e. The average Bonchev–Trinajstić information content (AvgIpc) is 2.76. The minimum atomic E-state index is -1.000. The van der Waals surface area contributed by atoms with E-state index in [4.69, 9.17) is 21.4 Å². The van der Waals surface area contributed by atoms with E-state index in [0.717, 1.165) is 0 Å². The van der Waals surface area contributed by atoms with Gasteiger partial charge in [-0.25, -0.2) is 14.8 Å². The summed E-state index contributed by atoms with van der Waals surface area (Å²) in [4.78, 5) is 19.1. The Kier molecular flexibility index (Phi) is 4.05. The Morgan fingerprint density at radius 3 is 3.00 bits per heavy atom. The third kappa shape index (κ3) is 2.92. The van der Waals surface area contributed by atoms with E-state index in [1.165, 1.54) is 17.8 Å². The van der Waals surface area contributed by atoms with Crippen LogP contribution in [0, 0.1) is 0 Å². The fourth-order valence-corrected chi connectivity index (χ4v) is 2.05. The fraction of sp³-hybridized carbons (Fsp3) is 0.300. The number of rotatable bonds is 4. The van der Waals surface area contributed by atoms with Gasteiger partial charge in [0, 0.05) is 6.07 Å². The highest BCUT2D eigenvalue weighted by Crippen LogP contribution is 2.21. The molecule has 2 N–H and O–H groups in total. The second-order valence-electron chi connectivity index (χ2n) is 3.44. The Labute approximate surface area is 112 Å². The van der Waals surface area contributed by atoms with Crippen LogP contribution < -0.4 is 5.32 Å². The molecule has 0 radical (unpaired) electrons. The molecular weight excluding hydrogens is 278 g/mol. The number of anilines is 1. The van der Waals surface area contributed by atoms with Gasteiger partial charge in [-0.2, -0.15) is 0 Å². The number of carboxylic acid groups (broad SMARTS) is 1. The molecule has 1 aromatic rings. The minimum absolute atomic E-state index is 0.0892. The third-order valence-electron chi connectivity index (χ3n) is 2.25. The summed E-state index contributed by atoms with van der Waals surface area (Å²) in [5.41, 5.74) is 0.694. The lowest BCUT2D eigenvalue weighted by Gasteiger charge is -2.07. The number of hydrogen-bond acceptors (Lipinski definition) is 6. The van der Waals surface area contributed by atoms with Crippen LogP contribution in [-0.2, 0) is 9.53 Å². The van der Waals surface area contributed by atoms with E-state index in [2.05, 4.69) is 15.3 Å². The maximum absolute atomic E-state index is 11.0. The van der Waals surface area contributed by atoms with E-state index in [-0.39, 0.29) is 18.8 Å². The molecule has 96 valence electrons. The van der Waals surface area contributed by atoms with Gasteiger partial charge in [-0.1, -0.05) is 23.4 Å². The number of hydrogen-bond donors (Lipinski definition) is 2. The Morgan fingerprint density at radius 1 is 1.56 bits per heavy atom. The summed E-state index contributed by atoms with van der Waals surface area (Å²) in [6.45, 7) is 0.309. The lowest BCUT2D eigenvalue weighted by molar-refractivity contribution is -0.133. The normalized spacial score (nSPS) is 15.0. The van der Waals surface area contributed by atoms with Crippen molar-refractivity contribution < 1.29 is 14.6 Å². The minimum Gasteiger partial charge on any atom is -0.478 e. The fourth-order valence-electron chi connectivity index (χ4n) is 1.44. The number of nitrogens with zero attached hydrogens (tertiary/aromatic N) is 2. The first-order valence-electron chi connectivity index (χ1n) is 4.99. The maximum atomic E-state index is 11.0. The zero-order chi connectivity index (χ0) is 13.1. The highest BCUT2D eigenvalue weighted by atomic mass is 35.5. The predicted molar refractivity (Wildman–Crippen MR) is 67.9 cm³/mol. The van der Waals surface area contributed by atoms with Crippen molar-refractivity contribution >= 4 is 35.1 Å². The molecule has 0 aliphatic carbocycles. The van der Waals surface area contributed by atoms with Crippen LogP contribution in [0.25, 0.3) is 0 Å². The van der Waals surface area contributed by atoms with Crippen molar-refractivity contribution in [1.29, 1.82) is 0 Å². The lowest BCUT2D eigenvalue weighted by atomic mass is 10.2. The molecule has 18 heavy (non-hydrogen) atoms. The first-order chi connectivity index (χ1) is 8.60. The smallest absolute Gasteiger partial charge is 0.335 e. The van der Waals surface area contributed by atoms with Crippen molar-refractivity contribution in [3.05, 3.63) is 22.5 Å². The molecule has 8 heteroatoms. The summed E-state index contributed by atoms with van der Waals surface area (Å²) >= 11 is 7.20. The van der Waals surface area contributed by atoms with Crippen molar-refractivity contribution in [2.24, 2.45) is 0 Å². The second-order valence-corrected chi connectivity index (χ2v) is 4.60. The molecule has 0 atom stereocenters. The zero-order valence-corrected chi connectivity index (χ0v) is 11.0. The van der Waals surface area contributed by atoms with Crippen LogP contribution in [0.1, 0.15) is 0 Å². The maximum Gasteiger partial charge on any atom is 0.335 e. The van der Waals surface area contributed by atoms with E-state index in [9.17, 15) is 4.79 Å². The van der Waals surface area contributed by atoms with Crippen LogP contribution in [0.15, 0.2) is 22.5 Å². The molecule has 2 heterocycles. The summed E-state index contributed by atoms with van der Waals surface area (Å²) in [6.07, 6.45) is 1.83. The van der Waals surface area contributed by atoms with Crippen molar-refractivity contribution in [3.8, 4) is 0 Å². The van der Waals surface area contributed by atoms with Crippen LogP contribution >= 0.6 is 23.4 Å². The summed E-state index contributed by atoms with van der Waals surface area (Å²) in [7, 11) is 0. The number of halogens is 1. The van der Waals surface area contributed by atoms with Crippen molar-refractivity contribution in [2.45, 2.75) is 5.16 Å². The van der Waals surface area contributed by atoms with Crippen LogP contribution in [0.5, 0.6) is 0 Å². The molecule has 0 saturated carbocycles. The van der Waals surface area contributed by atoms with E-state index in [1.807, 2.05) is 6.26 Å². The topological polar surface area (TPSA) is 84.3 Å². The Morgan fingerprint density at radius 2 is 2.33 bits per heavy atom. The van der Waals surface area contributed by atoms with Crippen LogP contribution in [0.4, 0.5) is 5.82 Å². The van der Waals surface area contributed by atoms with Crippen molar-refractivity contribution in [1.82, 2.24) is 9.97 Å². The average molecular weight is 288 g/mol. The molecule has 0 fully saturated rings. The Hall–Kier alpha value is -1.31. The van der Waals surface area contributed by atoms with Gasteiger partial charge in [-0.05, 0) is 6.26 Å². The van der Waals surface area contributed by atoms with E-state index >= 15 is 0 Å². The van der Waals surface area contributed by atoms with Crippen LogP contribution in [-0.4, -0.2) is 40.5 Å². The van der Waals surface area contributed by atoms with E-state index in [0.29, 0.717) is 21.8 Å². The molecule has 1 aromatic heterocycles. The predicted octanol–water partition coefficient (Wildman–Crippen LogP) is 1.63. The molecule has 1 aliphatic rings. The Balaban J connectivity index is 2.26. The molecule has 0 saturated heterocycles. The third-order valence-corrected chi connectivity index (χ3v) is 2.99. The van der Waals surface area contributed by atoms with Gasteiger partial charge in [0.05, 0.1) is 24.5 Å². The van der Waals surface area contributed by atoms with Gasteiger partial charge in [0.25, 0.3) is 0 Å². The molecule has 1 aliphatic heterocycles. The monoisotopic (exact) mass is 287 g/mol. The first-order valence-corrected chi connectivity index (χ1v) is 6.59. The quantitative estimate of drug-likeness (QED) is 0.494. The van der Waals surface area contributed by atoms with Gasteiger partial charge in [0.1, 0.15) is 11.0 Å². The number of thioether (sulfide) groups is 1. The molecule has 0 amide bonds. The van der Waals surface area contributed by atoms with Crippen LogP contribution in [0.2, 0.25) is 5.15 Å². The molecule has 0 spiro atoms. The van der Waals surface area contributed by atoms with Gasteiger partial charge in [-0.15, -0.1) is 0 Å². The standard InChI is InChI=1S/C10H10ClN3O3S/c1-18-10-13-7(11)2-8(14-10)12-6-4-17-3-5(6)9(15)16/h2H,3-4H2,1H3,(H,15,16)(H,12,13,14). The van der Waals surface area contributed by atoms with Crippen molar-refractivity contribution in [3.63, 3.8) is 0 Å². The van der Waals surface area contributed by atoms with Gasteiger partial charge in [0.15, 0.2) is 5.16 Å². The number of aliphatic carboxylic acids is 1. The molecule has 0 unspecified atom stereocenters. The highest BCUT2D eigenvalue weighted by molar-refractivity contribution is 7.98. The number of ether oxygens (including phenoxy) is 1. The van der Waals surface area contributed by atoms with Gasteiger partial charge in [-0.3, -0.25) is 0 Å². The van der Waals surface area contributed by atoms with Gasteiger partial charge in [0.2, 0.25) is 0 Å².